The van der Waals surface area contributed by atoms with Gasteiger partial charge in [-0.05, 0) is 43.2 Å². The van der Waals surface area contributed by atoms with E-state index in [1.807, 2.05) is 38.1 Å². The summed E-state index contributed by atoms with van der Waals surface area (Å²) < 4.78 is 0. The van der Waals surface area contributed by atoms with Gasteiger partial charge < -0.3 is 10.2 Å². The number of oxime groups is 1. The SMILES string of the molecule is Cc1ccc(/C=N\OCC(=O)Nc2ccc(Cl)cc2C)cc1. The maximum absolute atomic E-state index is 11.8. The number of carbonyl (C=O) groups is 1. The van der Waals surface area contributed by atoms with Gasteiger partial charge in [0.2, 0.25) is 0 Å². The quantitative estimate of drug-likeness (QED) is 0.671. The first-order chi connectivity index (χ1) is 10.5. The smallest absolute Gasteiger partial charge is 0.265 e. The molecule has 0 radical (unpaired) electrons. The molecule has 0 aliphatic rings. The van der Waals surface area contributed by atoms with Gasteiger partial charge in [0.05, 0.1) is 6.21 Å². The molecule has 4 nitrogen and oxygen atoms in total. The van der Waals surface area contributed by atoms with E-state index in [1.165, 1.54) is 5.56 Å². The summed E-state index contributed by atoms with van der Waals surface area (Å²) in [6, 6.07) is 13.1. The monoisotopic (exact) mass is 316 g/mol. The van der Waals surface area contributed by atoms with Gasteiger partial charge in [-0.1, -0.05) is 46.6 Å². The Bertz CT molecular complexity index is 682. The standard InChI is InChI=1S/C17H17ClN2O2/c1-12-3-5-14(6-4-12)10-19-22-11-17(21)20-16-8-7-15(18)9-13(16)2/h3-10H,11H2,1-2H3,(H,20,21)/b19-10-. The number of hydrogen-bond acceptors (Lipinski definition) is 3. The molecule has 0 saturated carbocycles. The second-order valence-corrected chi connectivity index (χ2v) is 5.36. The van der Waals surface area contributed by atoms with Crippen molar-refractivity contribution in [1.82, 2.24) is 0 Å². The van der Waals surface area contributed by atoms with E-state index in [-0.39, 0.29) is 12.5 Å². The predicted molar refractivity (Wildman–Crippen MR) is 89.5 cm³/mol. The molecule has 114 valence electrons. The van der Waals surface area contributed by atoms with Crippen LogP contribution in [-0.4, -0.2) is 18.7 Å². The molecule has 0 saturated heterocycles. The van der Waals surface area contributed by atoms with Crippen LogP contribution in [0.15, 0.2) is 47.6 Å². The Balaban J connectivity index is 1.81. The Morgan fingerprint density at radius 2 is 1.95 bits per heavy atom. The minimum atomic E-state index is -0.272. The number of nitrogens with zero attached hydrogens (tertiary/aromatic N) is 1. The molecule has 0 aromatic heterocycles. The molecular weight excluding hydrogens is 300 g/mol. The van der Waals surface area contributed by atoms with Crippen LogP contribution in [0.5, 0.6) is 0 Å². The molecule has 1 N–H and O–H groups in total. The largest absolute Gasteiger partial charge is 0.386 e. The number of rotatable bonds is 5. The van der Waals surface area contributed by atoms with Crippen LogP contribution in [-0.2, 0) is 9.63 Å². The van der Waals surface area contributed by atoms with Crippen LogP contribution in [0, 0.1) is 13.8 Å². The third kappa shape index (κ3) is 4.90. The number of carbonyl (C=O) groups excluding carboxylic acids is 1. The minimum Gasteiger partial charge on any atom is -0.386 e. The number of halogens is 1. The van der Waals surface area contributed by atoms with Gasteiger partial charge in [0.15, 0.2) is 6.61 Å². The zero-order valence-corrected chi connectivity index (χ0v) is 13.2. The van der Waals surface area contributed by atoms with Gasteiger partial charge in [-0.3, -0.25) is 4.79 Å². The van der Waals surface area contributed by atoms with Crippen LogP contribution in [0.4, 0.5) is 5.69 Å². The lowest BCUT2D eigenvalue weighted by atomic mass is 10.2. The maximum Gasteiger partial charge on any atom is 0.265 e. The highest BCUT2D eigenvalue weighted by atomic mass is 35.5. The molecule has 2 rings (SSSR count). The number of amides is 1. The Labute approximate surface area is 134 Å². The van der Waals surface area contributed by atoms with E-state index in [1.54, 1.807) is 24.4 Å². The van der Waals surface area contributed by atoms with Crippen molar-refractivity contribution in [3.63, 3.8) is 0 Å². The second-order valence-electron chi connectivity index (χ2n) is 4.93. The van der Waals surface area contributed by atoms with Crippen molar-refractivity contribution in [1.29, 1.82) is 0 Å². The highest BCUT2D eigenvalue weighted by molar-refractivity contribution is 6.30. The second kappa shape index (κ2) is 7.61. The van der Waals surface area contributed by atoms with Gasteiger partial charge in [-0.2, -0.15) is 0 Å². The van der Waals surface area contributed by atoms with Crippen molar-refractivity contribution in [3.05, 3.63) is 64.2 Å². The molecule has 2 aromatic rings. The van der Waals surface area contributed by atoms with Gasteiger partial charge in [-0.25, -0.2) is 0 Å². The summed E-state index contributed by atoms with van der Waals surface area (Å²) in [4.78, 5) is 16.8. The molecule has 1 amide bonds. The minimum absolute atomic E-state index is 0.148. The summed E-state index contributed by atoms with van der Waals surface area (Å²) in [6.07, 6.45) is 1.57. The zero-order valence-electron chi connectivity index (χ0n) is 12.5. The Morgan fingerprint density at radius 1 is 1.23 bits per heavy atom. The lowest BCUT2D eigenvalue weighted by Gasteiger charge is -2.07. The third-order valence-corrected chi connectivity index (χ3v) is 3.25. The Morgan fingerprint density at radius 3 is 2.64 bits per heavy atom. The highest BCUT2D eigenvalue weighted by Gasteiger charge is 2.05. The average molecular weight is 317 g/mol. The molecular formula is C17H17ClN2O2. The van der Waals surface area contributed by atoms with E-state index >= 15 is 0 Å². The first-order valence-corrected chi connectivity index (χ1v) is 7.20. The van der Waals surface area contributed by atoms with E-state index in [0.29, 0.717) is 10.7 Å². The molecule has 22 heavy (non-hydrogen) atoms. The normalized spacial score (nSPS) is 10.7. The number of hydrogen-bond donors (Lipinski definition) is 1. The topological polar surface area (TPSA) is 50.7 Å². The summed E-state index contributed by atoms with van der Waals surface area (Å²) in [6.45, 7) is 3.74. The molecule has 0 aliphatic heterocycles. The van der Waals surface area contributed by atoms with Gasteiger partial charge >= 0.3 is 0 Å². The summed E-state index contributed by atoms with van der Waals surface area (Å²) in [7, 11) is 0. The summed E-state index contributed by atoms with van der Waals surface area (Å²) in [5.74, 6) is -0.272. The first kappa shape index (κ1) is 16.0. The lowest BCUT2D eigenvalue weighted by Crippen LogP contribution is -2.17. The van der Waals surface area contributed by atoms with Crippen LogP contribution in [0.2, 0.25) is 5.02 Å². The van der Waals surface area contributed by atoms with Crippen LogP contribution in [0.25, 0.3) is 0 Å². The average Bonchev–Trinajstić information content (AvgIpc) is 2.48. The van der Waals surface area contributed by atoms with Crippen molar-refractivity contribution in [2.45, 2.75) is 13.8 Å². The summed E-state index contributed by atoms with van der Waals surface area (Å²) >= 11 is 5.87. The molecule has 0 atom stereocenters. The van der Waals surface area contributed by atoms with Gasteiger partial charge in [0.25, 0.3) is 5.91 Å². The maximum atomic E-state index is 11.8. The molecule has 0 bridgehead atoms. The Hall–Kier alpha value is -2.33. The van der Waals surface area contributed by atoms with Gasteiger partial charge in [0, 0.05) is 10.7 Å². The molecule has 0 unspecified atom stereocenters. The molecule has 0 heterocycles. The number of aryl methyl sites for hydroxylation is 2. The fourth-order valence-corrected chi connectivity index (χ4v) is 2.03. The number of benzene rings is 2. The van der Waals surface area contributed by atoms with Crippen molar-refractivity contribution >= 4 is 29.4 Å². The van der Waals surface area contributed by atoms with Crippen molar-refractivity contribution in [2.24, 2.45) is 5.16 Å². The van der Waals surface area contributed by atoms with E-state index < -0.39 is 0 Å². The number of nitrogens with one attached hydrogen (secondary N) is 1. The fraction of sp³-hybridized carbons (Fsp3) is 0.176. The van der Waals surface area contributed by atoms with Crippen molar-refractivity contribution in [3.8, 4) is 0 Å². The van der Waals surface area contributed by atoms with E-state index in [4.69, 9.17) is 16.4 Å². The molecule has 2 aromatic carbocycles. The van der Waals surface area contributed by atoms with Crippen LogP contribution in [0.3, 0.4) is 0 Å². The van der Waals surface area contributed by atoms with E-state index in [9.17, 15) is 4.79 Å². The Kier molecular flexibility index (Phi) is 5.55. The van der Waals surface area contributed by atoms with Gasteiger partial charge in [0.1, 0.15) is 0 Å². The van der Waals surface area contributed by atoms with Crippen LogP contribution in [0.1, 0.15) is 16.7 Å². The highest BCUT2D eigenvalue weighted by Crippen LogP contribution is 2.19. The van der Waals surface area contributed by atoms with E-state index in [0.717, 1.165) is 11.1 Å². The fourth-order valence-electron chi connectivity index (χ4n) is 1.80. The van der Waals surface area contributed by atoms with Crippen molar-refractivity contribution in [2.75, 3.05) is 11.9 Å². The molecule has 0 aliphatic carbocycles. The lowest BCUT2D eigenvalue weighted by molar-refractivity contribution is -0.120. The van der Waals surface area contributed by atoms with Crippen LogP contribution >= 0.6 is 11.6 Å². The van der Waals surface area contributed by atoms with Crippen LogP contribution < -0.4 is 5.32 Å². The predicted octanol–water partition coefficient (Wildman–Crippen LogP) is 3.95. The zero-order chi connectivity index (χ0) is 15.9. The molecule has 0 fully saturated rings. The van der Waals surface area contributed by atoms with Crippen molar-refractivity contribution < 1.29 is 9.63 Å². The molecule has 5 heteroatoms. The number of anilines is 1. The van der Waals surface area contributed by atoms with E-state index in [2.05, 4.69) is 10.5 Å². The third-order valence-electron chi connectivity index (χ3n) is 3.01. The first-order valence-electron chi connectivity index (χ1n) is 6.82. The summed E-state index contributed by atoms with van der Waals surface area (Å²) in [5, 5.41) is 7.16. The molecule has 0 spiro atoms. The van der Waals surface area contributed by atoms with Gasteiger partial charge in [-0.15, -0.1) is 0 Å². The summed E-state index contributed by atoms with van der Waals surface area (Å²) in [5.41, 5.74) is 3.69.